The van der Waals surface area contributed by atoms with Crippen LogP contribution < -0.4 is 4.90 Å². The predicted molar refractivity (Wildman–Crippen MR) is 195 cm³/mol. The van der Waals surface area contributed by atoms with Gasteiger partial charge in [0, 0.05) is 69.1 Å². The highest BCUT2D eigenvalue weighted by Gasteiger charge is 2.23. The quantitative estimate of drug-likeness (QED) is 0.175. The van der Waals surface area contributed by atoms with Crippen molar-refractivity contribution in [3.8, 4) is 34.0 Å². The third-order valence-electron chi connectivity index (χ3n) is 9.11. The van der Waals surface area contributed by atoms with Crippen LogP contribution in [-0.4, -0.2) is 14.5 Å². The Hall–Kier alpha value is -6.77. The van der Waals surface area contributed by atoms with Crippen molar-refractivity contribution in [2.75, 3.05) is 4.90 Å². The van der Waals surface area contributed by atoms with Crippen LogP contribution in [0, 0.1) is 11.3 Å². The van der Waals surface area contributed by atoms with Crippen LogP contribution in [0.3, 0.4) is 0 Å². The van der Waals surface area contributed by atoms with E-state index < -0.39 is 0 Å². The summed E-state index contributed by atoms with van der Waals surface area (Å²) < 4.78 is 2.37. The third kappa shape index (κ3) is 4.47. The molecule has 0 spiro atoms. The average molecular weight is 614 g/mol. The normalized spacial score (nSPS) is 11.3. The van der Waals surface area contributed by atoms with E-state index in [1.165, 1.54) is 21.7 Å². The van der Waals surface area contributed by atoms with Gasteiger partial charge in [-0.3, -0.25) is 9.97 Å². The molecule has 48 heavy (non-hydrogen) atoms. The second-order valence-corrected chi connectivity index (χ2v) is 11.9. The van der Waals surface area contributed by atoms with E-state index in [9.17, 15) is 5.26 Å². The van der Waals surface area contributed by atoms with Crippen LogP contribution in [0.1, 0.15) is 5.56 Å². The van der Waals surface area contributed by atoms with Gasteiger partial charge >= 0.3 is 0 Å². The highest BCUT2D eigenvalue weighted by Crippen LogP contribution is 2.47. The Labute approximate surface area is 277 Å². The van der Waals surface area contributed by atoms with Crippen LogP contribution in [0.2, 0.25) is 0 Å². The van der Waals surface area contributed by atoms with Crippen LogP contribution in [0.5, 0.6) is 0 Å². The van der Waals surface area contributed by atoms with Crippen LogP contribution >= 0.6 is 0 Å². The Kier molecular flexibility index (Phi) is 6.45. The molecule has 0 aliphatic carbocycles. The first kappa shape index (κ1) is 27.5. The van der Waals surface area contributed by atoms with Crippen molar-refractivity contribution in [2.45, 2.75) is 0 Å². The Balaban J connectivity index is 1.35. The number of benzene rings is 6. The van der Waals surface area contributed by atoms with Crippen molar-refractivity contribution in [1.29, 1.82) is 5.26 Å². The highest BCUT2D eigenvalue weighted by atomic mass is 15.1. The van der Waals surface area contributed by atoms with Gasteiger partial charge in [-0.25, -0.2) is 0 Å². The predicted octanol–water partition coefficient (Wildman–Crippen LogP) is 10.8. The molecule has 0 saturated heterocycles. The Bertz CT molecular complexity index is 2540. The van der Waals surface area contributed by atoms with E-state index in [4.69, 9.17) is 0 Å². The van der Waals surface area contributed by atoms with E-state index in [0.717, 1.165) is 55.9 Å². The maximum atomic E-state index is 9.64. The lowest BCUT2D eigenvalue weighted by Crippen LogP contribution is -2.11. The first-order chi connectivity index (χ1) is 23.8. The van der Waals surface area contributed by atoms with E-state index in [1.807, 2.05) is 48.8 Å². The highest BCUT2D eigenvalue weighted by molar-refractivity contribution is 6.27. The van der Waals surface area contributed by atoms with Gasteiger partial charge in [0.05, 0.1) is 28.4 Å². The fraction of sp³-hybridized carbons (Fsp3) is 0. The van der Waals surface area contributed by atoms with Crippen LogP contribution in [-0.2, 0) is 0 Å². The first-order valence-electron chi connectivity index (χ1n) is 15.9. The molecule has 0 atom stereocenters. The molecule has 0 aliphatic heterocycles. The molecule has 0 bridgehead atoms. The smallest absolute Gasteiger partial charge is 0.0991 e. The number of para-hydroxylation sites is 1. The second-order valence-electron chi connectivity index (χ2n) is 11.9. The minimum atomic E-state index is 0.617. The number of hydrogen-bond acceptors (Lipinski definition) is 4. The fourth-order valence-electron chi connectivity index (χ4n) is 6.98. The van der Waals surface area contributed by atoms with Crippen LogP contribution in [0.25, 0.3) is 60.5 Å². The van der Waals surface area contributed by atoms with Crippen molar-refractivity contribution >= 4 is 49.6 Å². The van der Waals surface area contributed by atoms with Crippen molar-refractivity contribution < 1.29 is 0 Å². The van der Waals surface area contributed by atoms with Gasteiger partial charge < -0.3 is 9.47 Å². The number of anilines is 3. The maximum Gasteiger partial charge on any atom is 0.0991 e. The minimum absolute atomic E-state index is 0.617. The van der Waals surface area contributed by atoms with Crippen LogP contribution in [0.4, 0.5) is 17.1 Å². The molecular weight excluding hydrogens is 587 g/mol. The molecule has 0 aliphatic rings. The first-order valence-corrected chi connectivity index (χ1v) is 15.9. The van der Waals surface area contributed by atoms with Gasteiger partial charge in [-0.15, -0.1) is 0 Å². The van der Waals surface area contributed by atoms with Gasteiger partial charge in [-0.2, -0.15) is 5.26 Å². The Morgan fingerprint density at radius 2 is 1.25 bits per heavy atom. The summed E-state index contributed by atoms with van der Waals surface area (Å²) in [6.07, 6.45) is 7.39. The molecule has 0 saturated carbocycles. The molecule has 3 heterocycles. The molecule has 5 nitrogen and oxygen atoms in total. The molecule has 9 aromatic rings. The standard InChI is InChI=1S/C43H27N5/c44-26-29-13-16-36(17-14-29)47(37-24-33(31-8-5-21-45-27-31)23-34(25-37)32-9-6-22-46-28-32)39-19-20-41-43-38(39)18-15-30-7-4-12-40(42(30)43)48(41)35-10-2-1-3-11-35/h1-25,27-28H. The van der Waals surface area contributed by atoms with Crippen molar-refractivity contribution in [2.24, 2.45) is 0 Å². The Morgan fingerprint density at radius 1 is 0.542 bits per heavy atom. The Morgan fingerprint density at radius 3 is 1.92 bits per heavy atom. The molecule has 224 valence electrons. The largest absolute Gasteiger partial charge is 0.310 e. The monoisotopic (exact) mass is 613 g/mol. The summed E-state index contributed by atoms with van der Waals surface area (Å²) in [7, 11) is 0. The molecule has 0 unspecified atom stereocenters. The molecule has 0 N–H and O–H groups in total. The summed E-state index contributed by atoms with van der Waals surface area (Å²) in [5, 5.41) is 14.5. The van der Waals surface area contributed by atoms with Gasteiger partial charge in [0.15, 0.2) is 0 Å². The lowest BCUT2D eigenvalue weighted by molar-refractivity contribution is 1.18. The van der Waals surface area contributed by atoms with E-state index in [0.29, 0.717) is 5.56 Å². The van der Waals surface area contributed by atoms with Crippen molar-refractivity contribution in [3.05, 3.63) is 170 Å². The summed E-state index contributed by atoms with van der Waals surface area (Å²) in [5.74, 6) is 0. The SMILES string of the molecule is N#Cc1ccc(N(c2cc(-c3cccnc3)cc(-c3cccnc3)c2)c2ccc3c4c2ccc2cccc(c24)n3-c2ccccc2)cc1. The van der Waals surface area contributed by atoms with Crippen LogP contribution in [0.15, 0.2) is 164 Å². The average Bonchev–Trinajstić information content (AvgIpc) is 3.51. The molecule has 0 fully saturated rings. The van der Waals surface area contributed by atoms with E-state index in [1.54, 1.807) is 12.4 Å². The topological polar surface area (TPSA) is 57.7 Å². The molecular formula is C43H27N5. The van der Waals surface area contributed by atoms with E-state index in [-0.39, 0.29) is 0 Å². The number of nitrogens with zero attached hydrogens (tertiary/aromatic N) is 5. The number of nitriles is 1. The summed E-state index contributed by atoms with van der Waals surface area (Å²) in [5.41, 5.74) is 11.2. The number of rotatable bonds is 6. The van der Waals surface area contributed by atoms with Gasteiger partial charge in [-0.1, -0.05) is 54.6 Å². The lowest BCUT2D eigenvalue weighted by Gasteiger charge is -2.28. The maximum absolute atomic E-state index is 9.64. The molecule has 9 rings (SSSR count). The summed E-state index contributed by atoms with van der Waals surface area (Å²) >= 11 is 0. The number of pyridine rings is 2. The second kappa shape index (κ2) is 11.2. The molecule has 3 aromatic heterocycles. The zero-order valence-electron chi connectivity index (χ0n) is 25.8. The third-order valence-corrected chi connectivity index (χ3v) is 9.11. The fourth-order valence-corrected chi connectivity index (χ4v) is 6.98. The summed E-state index contributed by atoms with van der Waals surface area (Å²) in [4.78, 5) is 11.2. The lowest BCUT2D eigenvalue weighted by atomic mass is 9.97. The number of aromatic nitrogens is 3. The molecule has 0 amide bonds. The zero-order valence-corrected chi connectivity index (χ0v) is 25.8. The number of hydrogen-bond donors (Lipinski definition) is 0. The van der Waals surface area contributed by atoms with Gasteiger partial charge in [0.2, 0.25) is 0 Å². The van der Waals surface area contributed by atoms with Gasteiger partial charge in [0.1, 0.15) is 0 Å². The molecule has 5 heteroatoms. The van der Waals surface area contributed by atoms with Crippen molar-refractivity contribution in [3.63, 3.8) is 0 Å². The van der Waals surface area contributed by atoms with E-state index in [2.05, 4.69) is 129 Å². The summed E-state index contributed by atoms with van der Waals surface area (Å²) in [6, 6.07) is 50.9. The van der Waals surface area contributed by atoms with Gasteiger partial charge in [0.25, 0.3) is 0 Å². The summed E-state index contributed by atoms with van der Waals surface area (Å²) in [6.45, 7) is 0. The minimum Gasteiger partial charge on any atom is -0.310 e. The molecule has 6 aromatic carbocycles. The van der Waals surface area contributed by atoms with E-state index >= 15 is 0 Å². The van der Waals surface area contributed by atoms with Crippen molar-refractivity contribution in [1.82, 2.24) is 14.5 Å². The van der Waals surface area contributed by atoms with Gasteiger partial charge in [-0.05, 0) is 101 Å². The molecule has 0 radical (unpaired) electrons. The zero-order chi connectivity index (χ0) is 32.0.